The second-order valence-electron chi connectivity index (χ2n) is 12.8. The van der Waals surface area contributed by atoms with Gasteiger partial charge >= 0.3 is 0 Å². The Morgan fingerprint density at radius 2 is 1.60 bits per heavy atom. The Morgan fingerprint density at radius 3 is 2.24 bits per heavy atom. The zero-order chi connectivity index (χ0) is 32.7. The van der Waals surface area contributed by atoms with E-state index in [0.717, 1.165) is 29.5 Å². The smallest absolute Gasteiger partial charge is 0.167 e. The Kier molecular flexibility index (Phi) is 11.9. The van der Waals surface area contributed by atoms with E-state index < -0.39 is 6.10 Å². The molecule has 0 saturated carbocycles. The first kappa shape index (κ1) is 34.3. The average Bonchev–Trinajstić information content (AvgIpc) is 2.96. The Bertz CT molecular complexity index is 1510. The molecule has 45 heavy (non-hydrogen) atoms. The second kappa shape index (κ2) is 15.6. The van der Waals surface area contributed by atoms with Gasteiger partial charge in [0.2, 0.25) is 0 Å². The molecule has 1 aliphatic carbocycles. The van der Waals surface area contributed by atoms with E-state index in [1.165, 1.54) is 29.6 Å². The lowest BCUT2D eigenvalue weighted by molar-refractivity contribution is -0.00111. The summed E-state index contributed by atoms with van der Waals surface area (Å²) in [7, 11) is 0. The van der Waals surface area contributed by atoms with Crippen molar-refractivity contribution in [2.45, 2.75) is 93.1 Å². The fourth-order valence-electron chi connectivity index (χ4n) is 6.46. The van der Waals surface area contributed by atoms with Crippen LogP contribution in [-0.4, -0.2) is 51.1 Å². The van der Waals surface area contributed by atoms with Gasteiger partial charge in [-0.2, -0.15) is 0 Å². The topological polar surface area (TPSA) is 97.6 Å². The minimum absolute atomic E-state index is 0.0000912. The fraction of sp³-hybridized carbons (Fsp3) is 0.500. The predicted octanol–water partition coefficient (Wildman–Crippen LogP) is 8.44. The van der Waals surface area contributed by atoms with E-state index in [1.807, 2.05) is 0 Å². The number of rotatable bonds is 14. The van der Waals surface area contributed by atoms with E-state index in [1.54, 1.807) is 18.2 Å². The van der Waals surface area contributed by atoms with Crippen LogP contribution >= 0.6 is 0 Å². The third-order valence-electron chi connectivity index (χ3n) is 8.69. The first-order valence-corrected chi connectivity index (χ1v) is 16.4. The maximum Gasteiger partial charge on any atom is 0.167 e. The van der Waals surface area contributed by atoms with Gasteiger partial charge in [0, 0.05) is 24.2 Å². The molecular weight excluding hydrogens is 562 g/mol. The number of aliphatic hydroxyl groups is 1. The molecule has 0 spiro atoms. The van der Waals surface area contributed by atoms with Crippen LogP contribution in [0.15, 0.2) is 53.6 Å². The minimum Gasteiger partial charge on any atom is -0.507 e. The zero-order valence-electron chi connectivity index (χ0n) is 28.4. The van der Waals surface area contributed by atoms with Crippen LogP contribution in [0.1, 0.15) is 88.7 Å². The molecule has 4 unspecified atom stereocenters. The first-order valence-electron chi connectivity index (χ1n) is 16.4. The SMILES string of the molecule is CCCCC(CC)COCC(O)COc1ccc(-c2nc(-c3c(C)cc(C)cc3C)nc(C3C(C)=CC(C)=CC3C)n2)c(O)c1. The van der Waals surface area contributed by atoms with Crippen molar-refractivity contribution in [2.75, 3.05) is 19.8 Å². The molecule has 4 rings (SSSR count). The second-order valence-corrected chi connectivity index (χ2v) is 12.8. The molecule has 4 atom stereocenters. The van der Waals surface area contributed by atoms with Crippen LogP contribution in [0.4, 0.5) is 0 Å². The molecular formula is C38H51N3O4. The van der Waals surface area contributed by atoms with E-state index in [0.29, 0.717) is 41.3 Å². The highest BCUT2D eigenvalue weighted by molar-refractivity contribution is 5.70. The Hall–Kier alpha value is -3.55. The number of hydrogen-bond acceptors (Lipinski definition) is 7. The van der Waals surface area contributed by atoms with E-state index in [9.17, 15) is 10.2 Å². The summed E-state index contributed by atoms with van der Waals surface area (Å²) in [5, 5.41) is 21.6. The number of ether oxygens (including phenoxy) is 2. The maximum absolute atomic E-state index is 11.2. The van der Waals surface area contributed by atoms with Crippen molar-refractivity contribution in [2.24, 2.45) is 11.8 Å². The highest BCUT2D eigenvalue weighted by Crippen LogP contribution is 2.39. The van der Waals surface area contributed by atoms with Gasteiger partial charge in [0.05, 0.1) is 12.2 Å². The summed E-state index contributed by atoms with van der Waals surface area (Å²) in [6.07, 6.45) is 8.25. The third kappa shape index (κ3) is 8.80. The number of phenols is 1. The molecule has 1 aliphatic rings. The van der Waals surface area contributed by atoms with Gasteiger partial charge in [-0.15, -0.1) is 0 Å². The fourth-order valence-corrected chi connectivity index (χ4v) is 6.46. The van der Waals surface area contributed by atoms with Crippen LogP contribution in [0, 0.1) is 32.6 Å². The van der Waals surface area contributed by atoms with Crippen molar-refractivity contribution in [3.63, 3.8) is 0 Å². The Balaban J connectivity index is 1.58. The van der Waals surface area contributed by atoms with Crippen molar-refractivity contribution < 1.29 is 19.7 Å². The number of aliphatic hydroxyl groups excluding tert-OH is 1. The van der Waals surface area contributed by atoms with Gasteiger partial charge < -0.3 is 19.7 Å². The monoisotopic (exact) mass is 613 g/mol. The lowest BCUT2D eigenvalue weighted by Gasteiger charge is -2.26. The van der Waals surface area contributed by atoms with Gasteiger partial charge in [-0.05, 0) is 76.1 Å². The normalized spacial score (nSPS) is 17.9. The van der Waals surface area contributed by atoms with Crippen LogP contribution in [0.5, 0.6) is 11.5 Å². The largest absolute Gasteiger partial charge is 0.507 e. The lowest BCUT2D eigenvalue weighted by atomic mass is 9.81. The van der Waals surface area contributed by atoms with Gasteiger partial charge in [-0.3, -0.25) is 0 Å². The van der Waals surface area contributed by atoms with Crippen molar-refractivity contribution in [1.82, 2.24) is 15.0 Å². The number of nitrogens with zero attached hydrogens (tertiary/aromatic N) is 3. The molecule has 1 heterocycles. The zero-order valence-corrected chi connectivity index (χ0v) is 28.4. The van der Waals surface area contributed by atoms with Gasteiger partial charge in [-0.25, -0.2) is 15.0 Å². The molecule has 2 N–H and O–H groups in total. The Morgan fingerprint density at radius 1 is 0.889 bits per heavy atom. The van der Waals surface area contributed by atoms with E-state index in [2.05, 4.69) is 79.7 Å². The van der Waals surface area contributed by atoms with Crippen LogP contribution in [0.2, 0.25) is 0 Å². The van der Waals surface area contributed by atoms with Crippen LogP contribution < -0.4 is 4.74 Å². The van der Waals surface area contributed by atoms with E-state index >= 15 is 0 Å². The quantitative estimate of drug-likeness (QED) is 0.188. The number of benzene rings is 2. The molecule has 7 nitrogen and oxygen atoms in total. The number of phenolic OH excluding ortho intramolecular Hbond substituents is 1. The molecule has 2 aromatic carbocycles. The summed E-state index contributed by atoms with van der Waals surface area (Å²) in [6.45, 7) is 18.0. The van der Waals surface area contributed by atoms with Gasteiger partial charge in [0.25, 0.3) is 0 Å². The Labute approximate surface area is 269 Å². The highest BCUT2D eigenvalue weighted by atomic mass is 16.5. The summed E-state index contributed by atoms with van der Waals surface area (Å²) in [5.41, 5.74) is 7.28. The van der Waals surface area contributed by atoms with E-state index in [-0.39, 0.29) is 30.8 Å². The number of aromatic hydroxyl groups is 1. The molecule has 1 aromatic heterocycles. The average molecular weight is 614 g/mol. The van der Waals surface area contributed by atoms with Crippen molar-refractivity contribution >= 4 is 0 Å². The number of aromatic nitrogens is 3. The molecule has 3 aromatic rings. The molecule has 0 radical (unpaired) electrons. The maximum atomic E-state index is 11.2. The molecule has 242 valence electrons. The number of aryl methyl sites for hydroxylation is 3. The number of unbranched alkanes of at least 4 members (excludes halogenated alkanes) is 1. The standard InChI is InChI=1S/C38H51N3O4/c1-9-11-12-29(10-2)20-44-21-30(42)22-45-31-13-14-32(33(43)19-31)36-39-37(34-25(5)15-23(3)16-26(34)6)41-38(40-36)35-27(7)17-24(4)18-28(35)8/h13-19,25,29-30,34,42-43H,9-12,20-22H2,1-8H3. The van der Waals surface area contributed by atoms with Gasteiger partial charge in [0.1, 0.15) is 30.0 Å². The number of allylic oxidation sites excluding steroid dienone is 4. The molecule has 0 fully saturated rings. The molecule has 7 heteroatoms. The van der Waals surface area contributed by atoms with Gasteiger partial charge in [0.15, 0.2) is 11.6 Å². The summed E-state index contributed by atoms with van der Waals surface area (Å²) < 4.78 is 11.6. The summed E-state index contributed by atoms with van der Waals surface area (Å²) in [4.78, 5) is 14.9. The lowest BCUT2D eigenvalue weighted by Crippen LogP contribution is -2.25. The first-order chi connectivity index (χ1) is 21.5. The third-order valence-corrected chi connectivity index (χ3v) is 8.69. The summed E-state index contributed by atoms with van der Waals surface area (Å²) in [5.74, 6) is 2.85. The predicted molar refractivity (Wildman–Crippen MR) is 182 cm³/mol. The molecule has 0 saturated heterocycles. The van der Waals surface area contributed by atoms with E-state index in [4.69, 9.17) is 24.4 Å². The van der Waals surface area contributed by atoms with Crippen LogP contribution in [0.25, 0.3) is 22.8 Å². The minimum atomic E-state index is -0.767. The summed E-state index contributed by atoms with van der Waals surface area (Å²) in [6, 6.07) is 9.37. The van der Waals surface area contributed by atoms with Crippen LogP contribution in [0.3, 0.4) is 0 Å². The van der Waals surface area contributed by atoms with Crippen molar-refractivity contribution in [1.29, 1.82) is 0 Å². The number of hydrogen-bond donors (Lipinski definition) is 2. The van der Waals surface area contributed by atoms with Crippen LogP contribution in [-0.2, 0) is 4.74 Å². The van der Waals surface area contributed by atoms with Gasteiger partial charge in [-0.1, -0.05) is 81.0 Å². The van der Waals surface area contributed by atoms with Crippen molar-refractivity contribution in [3.8, 4) is 34.3 Å². The highest BCUT2D eigenvalue weighted by Gasteiger charge is 2.28. The summed E-state index contributed by atoms with van der Waals surface area (Å²) >= 11 is 0. The molecule has 0 bridgehead atoms. The van der Waals surface area contributed by atoms with Crippen molar-refractivity contribution in [3.05, 3.63) is 76.1 Å². The molecule has 0 amide bonds. The molecule has 0 aliphatic heterocycles.